The van der Waals surface area contributed by atoms with E-state index in [9.17, 15) is 4.79 Å². The summed E-state index contributed by atoms with van der Waals surface area (Å²) < 4.78 is 6.21. The maximum Gasteiger partial charge on any atom is 0.251 e. The first-order chi connectivity index (χ1) is 14.8. The molecule has 1 fully saturated rings. The number of hydrogen-bond acceptors (Lipinski definition) is 3. The molecule has 3 rings (SSSR count). The third kappa shape index (κ3) is 7.70. The van der Waals surface area contributed by atoms with Gasteiger partial charge < -0.3 is 10.1 Å². The summed E-state index contributed by atoms with van der Waals surface area (Å²) in [5, 5.41) is 3.02. The number of likely N-dealkylation sites (tertiary alicyclic amines) is 1. The molecule has 31 heavy (non-hydrogen) atoms. The zero-order valence-corrected chi connectivity index (χ0v) is 19.6. The number of piperidine rings is 1. The molecule has 0 spiro atoms. The smallest absolute Gasteiger partial charge is 0.251 e. The van der Waals surface area contributed by atoms with Crippen LogP contribution in [-0.4, -0.2) is 43.1 Å². The highest BCUT2D eigenvalue weighted by atomic mass is 16.5. The largest absolute Gasteiger partial charge is 0.489 e. The maximum atomic E-state index is 12.4. The first-order valence-corrected chi connectivity index (χ1v) is 11.7. The molecule has 0 radical (unpaired) electrons. The van der Waals surface area contributed by atoms with Gasteiger partial charge in [0.25, 0.3) is 5.91 Å². The summed E-state index contributed by atoms with van der Waals surface area (Å²) in [6.45, 7) is 12.7. The predicted octanol–water partition coefficient (Wildman–Crippen LogP) is 5.77. The second kappa shape index (κ2) is 10.8. The van der Waals surface area contributed by atoms with E-state index in [0.717, 1.165) is 29.8 Å². The van der Waals surface area contributed by atoms with E-state index < -0.39 is 0 Å². The third-order valence-corrected chi connectivity index (χ3v) is 5.78. The summed E-state index contributed by atoms with van der Waals surface area (Å²) in [5.41, 5.74) is 3.10. The Kier molecular flexibility index (Phi) is 8.14. The van der Waals surface area contributed by atoms with Gasteiger partial charge in [-0.05, 0) is 80.1 Å². The Balaban J connectivity index is 1.56. The fourth-order valence-electron chi connectivity index (χ4n) is 3.99. The Labute approximate surface area is 188 Å². The van der Waals surface area contributed by atoms with Crippen LogP contribution in [0.1, 0.15) is 63.7 Å². The predicted molar refractivity (Wildman–Crippen MR) is 129 cm³/mol. The highest BCUT2D eigenvalue weighted by molar-refractivity contribution is 5.94. The number of rotatable bonds is 8. The Morgan fingerprint density at radius 3 is 2.42 bits per heavy atom. The molecule has 0 bridgehead atoms. The first-order valence-electron chi connectivity index (χ1n) is 11.7. The minimum atomic E-state index is -0.0144. The van der Waals surface area contributed by atoms with E-state index in [1.165, 1.54) is 32.4 Å². The standard InChI is InChI=1S/C27H38N2O2/c1-21(20-29-17-6-5-7-18-29)31-25-10-8-9-24(19-25)22-11-13-23(14-12-22)26(30)28-16-15-27(2,3)4/h8-14,19,21H,5-7,15-18,20H2,1-4H3,(H,28,30). The van der Waals surface area contributed by atoms with Gasteiger partial charge in [0.15, 0.2) is 0 Å². The van der Waals surface area contributed by atoms with Crippen LogP contribution in [0.4, 0.5) is 0 Å². The quantitative estimate of drug-likeness (QED) is 0.587. The lowest BCUT2D eigenvalue weighted by Crippen LogP contribution is -2.37. The molecule has 1 aliphatic rings. The van der Waals surface area contributed by atoms with Gasteiger partial charge in [0.1, 0.15) is 11.9 Å². The van der Waals surface area contributed by atoms with E-state index in [2.05, 4.69) is 50.0 Å². The Morgan fingerprint density at radius 1 is 1.03 bits per heavy atom. The fourth-order valence-corrected chi connectivity index (χ4v) is 3.99. The van der Waals surface area contributed by atoms with Gasteiger partial charge >= 0.3 is 0 Å². The second-order valence-corrected chi connectivity index (χ2v) is 9.96. The number of nitrogens with one attached hydrogen (secondary N) is 1. The van der Waals surface area contributed by atoms with E-state index >= 15 is 0 Å². The summed E-state index contributed by atoms with van der Waals surface area (Å²) in [5.74, 6) is 0.880. The number of hydrogen-bond donors (Lipinski definition) is 1. The van der Waals surface area contributed by atoms with Crippen LogP contribution in [0.25, 0.3) is 11.1 Å². The molecule has 1 atom stereocenters. The molecular formula is C27H38N2O2. The summed E-state index contributed by atoms with van der Waals surface area (Å²) >= 11 is 0. The van der Waals surface area contributed by atoms with Crippen molar-refractivity contribution in [3.05, 3.63) is 54.1 Å². The maximum absolute atomic E-state index is 12.4. The van der Waals surface area contributed by atoms with Crippen molar-refractivity contribution in [3.63, 3.8) is 0 Å². The lowest BCUT2D eigenvalue weighted by Gasteiger charge is -2.29. The minimum Gasteiger partial charge on any atom is -0.489 e. The van der Waals surface area contributed by atoms with E-state index in [4.69, 9.17) is 4.74 Å². The molecule has 1 unspecified atom stereocenters. The van der Waals surface area contributed by atoms with Crippen molar-refractivity contribution < 1.29 is 9.53 Å². The number of carbonyl (C=O) groups excluding carboxylic acids is 1. The van der Waals surface area contributed by atoms with Gasteiger partial charge in [0, 0.05) is 18.7 Å². The number of ether oxygens (including phenoxy) is 1. The molecule has 168 valence electrons. The lowest BCUT2D eigenvalue weighted by molar-refractivity contribution is 0.0949. The molecule has 4 nitrogen and oxygen atoms in total. The van der Waals surface area contributed by atoms with Gasteiger partial charge in [-0.2, -0.15) is 0 Å². The average molecular weight is 423 g/mol. The lowest BCUT2D eigenvalue weighted by atomic mass is 9.92. The summed E-state index contributed by atoms with van der Waals surface area (Å²) in [6.07, 6.45) is 5.07. The molecule has 1 amide bonds. The molecule has 1 aliphatic heterocycles. The zero-order valence-electron chi connectivity index (χ0n) is 19.6. The molecule has 1 N–H and O–H groups in total. The van der Waals surface area contributed by atoms with Crippen molar-refractivity contribution in [3.8, 4) is 16.9 Å². The molecule has 0 aliphatic carbocycles. The van der Waals surface area contributed by atoms with Crippen molar-refractivity contribution in [2.75, 3.05) is 26.2 Å². The molecule has 0 aromatic heterocycles. The molecule has 4 heteroatoms. The Morgan fingerprint density at radius 2 is 1.74 bits per heavy atom. The van der Waals surface area contributed by atoms with Gasteiger partial charge in [-0.15, -0.1) is 0 Å². The van der Waals surface area contributed by atoms with Crippen LogP contribution in [0, 0.1) is 5.41 Å². The second-order valence-electron chi connectivity index (χ2n) is 9.96. The van der Waals surface area contributed by atoms with Crippen LogP contribution in [0.2, 0.25) is 0 Å². The average Bonchev–Trinajstić information content (AvgIpc) is 2.74. The molecule has 2 aromatic rings. The van der Waals surface area contributed by atoms with Crippen molar-refractivity contribution in [2.45, 2.75) is 59.5 Å². The van der Waals surface area contributed by atoms with Gasteiger partial charge in [0.05, 0.1) is 0 Å². The zero-order chi connectivity index (χ0) is 22.3. The first kappa shape index (κ1) is 23.3. The number of carbonyl (C=O) groups is 1. The van der Waals surface area contributed by atoms with Gasteiger partial charge in [-0.3, -0.25) is 9.69 Å². The molecule has 2 aromatic carbocycles. The summed E-state index contributed by atoms with van der Waals surface area (Å²) in [4.78, 5) is 14.9. The number of nitrogens with zero attached hydrogens (tertiary/aromatic N) is 1. The van der Waals surface area contributed by atoms with Crippen LogP contribution in [0.5, 0.6) is 5.75 Å². The topological polar surface area (TPSA) is 41.6 Å². The minimum absolute atomic E-state index is 0.0144. The van der Waals surface area contributed by atoms with E-state index in [1.807, 2.05) is 36.4 Å². The van der Waals surface area contributed by atoms with Crippen molar-refractivity contribution in [2.24, 2.45) is 5.41 Å². The highest BCUT2D eigenvalue weighted by Gasteiger charge is 2.15. The van der Waals surface area contributed by atoms with Crippen molar-refractivity contribution in [1.29, 1.82) is 0 Å². The van der Waals surface area contributed by atoms with Crippen molar-refractivity contribution >= 4 is 5.91 Å². The van der Waals surface area contributed by atoms with Crippen LogP contribution >= 0.6 is 0 Å². The third-order valence-electron chi connectivity index (χ3n) is 5.78. The molecule has 0 saturated carbocycles. The fraction of sp³-hybridized carbons (Fsp3) is 0.519. The van der Waals surface area contributed by atoms with Crippen LogP contribution in [0.3, 0.4) is 0 Å². The molecular weight excluding hydrogens is 384 g/mol. The van der Waals surface area contributed by atoms with Gasteiger partial charge in [-0.25, -0.2) is 0 Å². The Hall–Kier alpha value is -2.33. The molecule has 1 saturated heterocycles. The number of benzene rings is 2. The number of amides is 1. The summed E-state index contributed by atoms with van der Waals surface area (Å²) in [6, 6.07) is 16.0. The Bertz CT molecular complexity index is 833. The van der Waals surface area contributed by atoms with E-state index in [-0.39, 0.29) is 17.4 Å². The molecule has 1 heterocycles. The van der Waals surface area contributed by atoms with Crippen LogP contribution < -0.4 is 10.1 Å². The van der Waals surface area contributed by atoms with E-state index in [0.29, 0.717) is 12.1 Å². The van der Waals surface area contributed by atoms with Crippen molar-refractivity contribution in [1.82, 2.24) is 10.2 Å². The van der Waals surface area contributed by atoms with E-state index in [1.54, 1.807) is 0 Å². The highest BCUT2D eigenvalue weighted by Crippen LogP contribution is 2.25. The van der Waals surface area contributed by atoms with Crippen LogP contribution in [0.15, 0.2) is 48.5 Å². The SMILES string of the molecule is CC(CN1CCCCC1)Oc1cccc(-c2ccc(C(=O)NCCC(C)(C)C)cc2)c1. The van der Waals surface area contributed by atoms with Crippen LogP contribution in [-0.2, 0) is 0 Å². The van der Waals surface area contributed by atoms with Gasteiger partial charge in [-0.1, -0.05) is 51.5 Å². The monoisotopic (exact) mass is 422 g/mol. The van der Waals surface area contributed by atoms with Gasteiger partial charge in [0.2, 0.25) is 0 Å². The normalized spacial score (nSPS) is 16.0. The summed E-state index contributed by atoms with van der Waals surface area (Å²) in [7, 11) is 0.